The summed E-state index contributed by atoms with van der Waals surface area (Å²) in [4.78, 5) is 33.1. The quantitative estimate of drug-likeness (QED) is 0.358. The second-order valence-electron chi connectivity index (χ2n) is 12.6. The largest absolute Gasteiger partial charge is 0.347 e. The van der Waals surface area contributed by atoms with Gasteiger partial charge in [0.1, 0.15) is 12.4 Å². The van der Waals surface area contributed by atoms with Gasteiger partial charge in [0, 0.05) is 36.0 Å². The van der Waals surface area contributed by atoms with Gasteiger partial charge in [0.05, 0.1) is 12.0 Å². The second kappa shape index (κ2) is 10.3. The number of carbonyl (C=O) groups excluding carboxylic acids is 2. The average Bonchev–Trinajstić information content (AvgIpc) is 3.55. The van der Waals surface area contributed by atoms with Crippen LogP contribution < -0.4 is 16.0 Å². The maximum atomic E-state index is 13.5. The standard InChI is InChI=1S/C33H39N5O3/c1-5-34-18-23-9-6-7-10-24(23)19-38(30(40)31(2,3)4)20-28(39)36-26-13-12-22-16-32(17-25(22)15-26)27-11-8-14-35-29(27)37-33(32)21-41-33/h6-15,34H,5,16-21H2,1-4H3,(H,35,37)(H,36,39). The van der Waals surface area contributed by atoms with E-state index in [0.717, 1.165) is 48.6 Å². The van der Waals surface area contributed by atoms with Gasteiger partial charge in [-0.3, -0.25) is 9.59 Å². The lowest BCUT2D eigenvalue weighted by Crippen LogP contribution is -2.43. The van der Waals surface area contributed by atoms with Crippen LogP contribution in [-0.4, -0.2) is 47.1 Å². The molecular formula is C33H39N5O3. The van der Waals surface area contributed by atoms with E-state index in [1.807, 2.05) is 57.3 Å². The first-order valence-electron chi connectivity index (χ1n) is 14.5. The number of nitrogens with zero attached hydrogens (tertiary/aromatic N) is 2. The average molecular weight is 554 g/mol. The highest BCUT2D eigenvalue weighted by Crippen LogP contribution is 2.59. The Kier molecular flexibility index (Phi) is 6.86. The number of nitrogens with one attached hydrogen (secondary N) is 3. The van der Waals surface area contributed by atoms with Crippen LogP contribution in [0.3, 0.4) is 0 Å². The Bertz CT molecular complexity index is 1490. The van der Waals surface area contributed by atoms with Gasteiger partial charge in [-0.1, -0.05) is 64.1 Å². The van der Waals surface area contributed by atoms with Gasteiger partial charge in [0.25, 0.3) is 0 Å². The van der Waals surface area contributed by atoms with E-state index in [2.05, 4.69) is 52.1 Å². The number of benzene rings is 2. The Morgan fingerprint density at radius 2 is 1.80 bits per heavy atom. The first-order chi connectivity index (χ1) is 19.6. The molecule has 2 amide bonds. The van der Waals surface area contributed by atoms with Crippen molar-refractivity contribution in [1.29, 1.82) is 0 Å². The van der Waals surface area contributed by atoms with Crippen LogP contribution in [0.1, 0.15) is 55.5 Å². The maximum Gasteiger partial charge on any atom is 0.244 e. The minimum absolute atomic E-state index is 0.0212. The summed E-state index contributed by atoms with van der Waals surface area (Å²) < 4.78 is 6.01. The summed E-state index contributed by atoms with van der Waals surface area (Å²) in [5.74, 6) is 0.637. The Morgan fingerprint density at radius 3 is 2.54 bits per heavy atom. The highest BCUT2D eigenvalue weighted by atomic mass is 16.6. The van der Waals surface area contributed by atoms with Crippen molar-refractivity contribution in [2.75, 3.05) is 30.3 Å². The SMILES string of the molecule is CCNCc1ccccc1CN(CC(=O)Nc1ccc2c(c1)CC1(C2)c2cccnc2NC12CO2)C(=O)C(C)(C)C. The first-order valence-corrected chi connectivity index (χ1v) is 14.5. The number of rotatable bonds is 8. The van der Waals surface area contributed by atoms with E-state index >= 15 is 0 Å². The van der Waals surface area contributed by atoms with Gasteiger partial charge in [-0.05, 0) is 59.8 Å². The number of aromatic nitrogens is 1. The van der Waals surface area contributed by atoms with Gasteiger partial charge in [-0.25, -0.2) is 4.98 Å². The summed E-state index contributed by atoms with van der Waals surface area (Å²) in [6, 6.07) is 18.4. The van der Waals surface area contributed by atoms with Crippen LogP contribution in [0.2, 0.25) is 0 Å². The summed E-state index contributed by atoms with van der Waals surface area (Å²) in [6.07, 6.45) is 3.49. The van der Waals surface area contributed by atoms with Gasteiger partial charge < -0.3 is 25.6 Å². The third kappa shape index (κ3) is 5.00. The van der Waals surface area contributed by atoms with Crippen LogP contribution in [0.15, 0.2) is 60.8 Å². The molecular weight excluding hydrogens is 514 g/mol. The number of fused-ring (bicyclic) bond motifs is 4. The molecule has 214 valence electrons. The molecule has 3 aliphatic rings. The molecule has 8 heteroatoms. The minimum Gasteiger partial charge on any atom is -0.347 e. The first kappa shape index (κ1) is 27.4. The van der Waals surface area contributed by atoms with Gasteiger partial charge in [-0.2, -0.15) is 0 Å². The zero-order valence-electron chi connectivity index (χ0n) is 24.3. The lowest BCUT2D eigenvalue weighted by molar-refractivity contribution is -0.142. The molecule has 3 N–H and O–H groups in total. The number of anilines is 2. The van der Waals surface area contributed by atoms with E-state index in [-0.39, 0.29) is 23.8 Å². The fourth-order valence-electron chi connectivity index (χ4n) is 6.47. The summed E-state index contributed by atoms with van der Waals surface area (Å²) in [6.45, 7) is 10.3. The molecule has 0 radical (unpaired) electrons. The predicted octanol–water partition coefficient (Wildman–Crippen LogP) is 4.39. The number of amides is 2. The van der Waals surface area contributed by atoms with Crippen LogP contribution in [0, 0.1) is 5.41 Å². The smallest absolute Gasteiger partial charge is 0.244 e. The molecule has 2 aromatic carbocycles. The Morgan fingerprint density at radius 1 is 1.05 bits per heavy atom. The third-order valence-electron chi connectivity index (χ3n) is 8.63. The van der Waals surface area contributed by atoms with Gasteiger partial charge in [0.15, 0.2) is 5.72 Å². The topological polar surface area (TPSA) is 98.9 Å². The van der Waals surface area contributed by atoms with Crippen LogP contribution in [0.5, 0.6) is 0 Å². The van der Waals surface area contributed by atoms with Gasteiger partial charge >= 0.3 is 0 Å². The normalized spacial score (nSPS) is 21.9. The zero-order valence-corrected chi connectivity index (χ0v) is 24.3. The highest BCUT2D eigenvalue weighted by molar-refractivity contribution is 5.95. The van der Waals surface area contributed by atoms with Crippen LogP contribution >= 0.6 is 0 Å². The molecule has 2 spiro atoms. The summed E-state index contributed by atoms with van der Waals surface area (Å²) in [5, 5.41) is 9.97. The maximum absolute atomic E-state index is 13.5. The van der Waals surface area contributed by atoms with Crippen molar-refractivity contribution < 1.29 is 14.3 Å². The number of ether oxygens (including phenoxy) is 1. The van der Waals surface area contributed by atoms with E-state index < -0.39 is 11.1 Å². The van der Waals surface area contributed by atoms with Crippen molar-refractivity contribution >= 4 is 23.3 Å². The van der Waals surface area contributed by atoms with Crippen molar-refractivity contribution in [3.8, 4) is 0 Å². The molecule has 2 unspecified atom stereocenters. The molecule has 0 saturated carbocycles. The Hall–Kier alpha value is -3.75. The Labute approximate surface area is 241 Å². The molecule has 8 nitrogen and oxygen atoms in total. The number of hydrogen-bond donors (Lipinski definition) is 3. The molecule has 1 aliphatic carbocycles. The molecule has 1 saturated heterocycles. The van der Waals surface area contributed by atoms with E-state index in [4.69, 9.17) is 4.74 Å². The van der Waals surface area contributed by atoms with E-state index in [1.165, 1.54) is 16.7 Å². The minimum atomic E-state index is -0.611. The molecule has 1 aromatic heterocycles. The van der Waals surface area contributed by atoms with Crippen LogP contribution in [0.25, 0.3) is 0 Å². The second-order valence-corrected chi connectivity index (χ2v) is 12.6. The third-order valence-corrected chi connectivity index (χ3v) is 8.63. The molecule has 2 aliphatic heterocycles. The van der Waals surface area contributed by atoms with Crippen molar-refractivity contribution in [3.05, 3.63) is 88.6 Å². The summed E-state index contributed by atoms with van der Waals surface area (Å²) in [5.41, 5.74) is 5.37. The number of hydrogen-bond acceptors (Lipinski definition) is 6. The van der Waals surface area contributed by atoms with Gasteiger partial charge in [-0.15, -0.1) is 0 Å². The summed E-state index contributed by atoms with van der Waals surface area (Å²) in [7, 11) is 0. The fraction of sp³-hybridized carbons (Fsp3) is 0.424. The Balaban J connectivity index is 1.19. The summed E-state index contributed by atoms with van der Waals surface area (Å²) >= 11 is 0. The molecule has 1 fully saturated rings. The number of pyridine rings is 1. The molecule has 0 bridgehead atoms. The molecule has 3 heterocycles. The van der Waals surface area contributed by atoms with E-state index in [0.29, 0.717) is 13.2 Å². The number of epoxide rings is 1. The highest BCUT2D eigenvalue weighted by Gasteiger charge is 2.68. The van der Waals surface area contributed by atoms with Crippen LogP contribution in [-0.2, 0) is 45.7 Å². The lowest BCUT2D eigenvalue weighted by atomic mass is 9.74. The fourth-order valence-corrected chi connectivity index (χ4v) is 6.47. The van der Waals surface area contributed by atoms with Gasteiger partial charge in [0.2, 0.25) is 11.8 Å². The van der Waals surface area contributed by atoms with E-state index in [1.54, 1.807) is 4.90 Å². The molecule has 6 rings (SSSR count). The lowest BCUT2D eigenvalue weighted by Gasteiger charge is -2.30. The monoisotopic (exact) mass is 553 g/mol. The van der Waals surface area contributed by atoms with Crippen LogP contribution in [0.4, 0.5) is 11.5 Å². The zero-order chi connectivity index (χ0) is 28.8. The van der Waals surface area contributed by atoms with Crippen molar-refractivity contribution in [2.45, 2.75) is 64.8 Å². The van der Waals surface area contributed by atoms with Crippen molar-refractivity contribution in [3.63, 3.8) is 0 Å². The van der Waals surface area contributed by atoms with Crippen molar-refractivity contribution in [1.82, 2.24) is 15.2 Å². The predicted molar refractivity (Wildman–Crippen MR) is 159 cm³/mol. The molecule has 2 atom stereocenters. The van der Waals surface area contributed by atoms with E-state index in [9.17, 15) is 9.59 Å². The number of carbonyl (C=O) groups is 2. The molecule has 41 heavy (non-hydrogen) atoms. The van der Waals surface area contributed by atoms with Crippen molar-refractivity contribution in [2.24, 2.45) is 5.41 Å². The molecule has 3 aromatic rings.